The lowest BCUT2D eigenvalue weighted by Gasteiger charge is -2.35. The van der Waals surface area contributed by atoms with Crippen molar-refractivity contribution in [2.45, 2.75) is 25.9 Å². The number of anilines is 1. The number of piperazine rings is 1. The van der Waals surface area contributed by atoms with Gasteiger partial charge in [-0.3, -0.25) is 0 Å². The van der Waals surface area contributed by atoms with Gasteiger partial charge in [0.25, 0.3) is 0 Å². The van der Waals surface area contributed by atoms with Gasteiger partial charge < -0.3 is 9.80 Å². The molecule has 1 N–H and O–H groups in total. The van der Waals surface area contributed by atoms with Gasteiger partial charge in [0.2, 0.25) is 5.82 Å². The Morgan fingerprint density at radius 3 is 2.57 bits per heavy atom. The zero-order valence-electron chi connectivity index (χ0n) is 17.1. The van der Waals surface area contributed by atoms with Crippen LogP contribution in [0.1, 0.15) is 30.8 Å². The van der Waals surface area contributed by atoms with E-state index in [2.05, 4.69) is 75.9 Å². The molecule has 5 rings (SSSR count). The Hall–Kier alpha value is -2.84. The summed E-state index contributed by atoms with van der Waals surface area (Å²) < 4.78 is 3.23. The molecule has 2 aromatic carbocycles. The number of tetrazole rings is 1. The predicted octanol–water partition coefficient (Wildman–Crippen LogP) is 2.19. The second kappa shape index (κ2) is 8.49. The molecule has 1 atom stereocenters. The van der Waals surface area contributed by atoms with Crippen molar-refractivity contribution in [1.82, 2.24) is 25.2 Å². The quantitative estimate of drug-likeness (QED) is 0.518. The summed E-state index contributed by atoms with van der Waals surface area (Å²) >= 11 is 1.79. The third-order valence-electron chi connectivity index (χ3n) is 5.91. The van der Waals surface area contributed by atoms with Crippen molar-refractivity contribution < 1.29 is 4.90 Å². The first kappa shape index (κ1) is 19.1. The SMILES string of the molecule is CC[C@@H](c1nnnn1Cc1ccccc1)[NH+]1CCN(c2nc3ccccc3s2)CC1. The highest BCUT2D eigenvalue weighted by Gasteiger charge is 2.32. The van der Waals surface area contributed by atoms with E-state index in [0.717, 1.165) is 49.1 Å². The minimum absolute atomic E-state index is 0.307. The standard InChI is InChI=1S/C22H25N7S/c1-2-19(21-24-25-26-29(21)16-17-8-4-3-5-9-17)27-12-14-28(15-13-27)22-23-18-10-6-7-11-20(18)30-22/h3-11,19H,2,12-16H2,1H3/p+1/t19-/m0/s1. The maximum Gasteiger partial charge on any atom is 0.209 e. The summed E-state index contributed by atoms with van der Waals surface area (Å²) in [5.41, 5.74) is 2.32. The molecule has 0 bridgehead atoms. The molecule has 154 valence electrons. The van der Waals surface area contributed by atoms with Gasteiger partial charge in [-0.2, -0.15) is 0 Å². The second-order valence-electron chi connectivity index (χ2n) is 7.75. The lowest BCUT2D eigenvalue weighted by Crippen LogP contribution is -3.15. The monoisotopic (exact) mass is 420 g/mol. The predicted molar refractivity (Wildman–Crippen MR) is 119 cm³/mol. The molecule has 1 aliphatic rings. The van der Waals surface area contributed by atoms with Gasteiger partial charge in [-0.1, -0.05) is 60.7 Å². The van der Waals surface area contributed by atoms with Crippen LogP contribution in [-0.2, 0) is 6.54 Å². The van der Waals surface area contributed by atoms with Crippen molar-refractivity contribution >= 4 is 26.7 Å². The van der Waals surface area contributed by atoms with E-state index in [-0.39, 0.29) is 0 Å². The van der Waals surface area contributed by atoms with Crippen molar-refractivity contribution in [1.29, 1.82) is 0 Å². The minimum atomic E-state index is 0.307. The van der Waals surface area contributed by atoms with Crippen LogP contribution < -0.4 is 9.80 Å². The van der Waals surface area contributed by atoms with E-state index in [1.165, 1.54) is 10.3 Å². The highest BCUT2D eigenvalue weighted by molar-refractivity contribution is 7.22. The number of benzene rings is 2. The molecular formula is C22H26N7S+. The van der Waals surface area contributed by atoms with Crippen LogP contribution >= 0.6 is 11.3 Å². The van der Waals surface area contributed by atoms with Gasteiger partial charge >= 0.3 is 0 Å². The van der Waals surface area contributed by atoms with Gasteiger partial charge in [0.15, 0.2) is 5.13 Å². The molecule has 1 aliphatic heterocycles. The number of hydrogen-bond donors (Lipinski definition) is 1. The first-order valence-electron chi connectivity index (χ1n) is 10.6. The van der Waals surface area contributed by atoms with Crippen molar-refractivity contribution in [3.63, 3.8) is 0 Å². The lowest BCUT2D eigenvalue weighted by molar-refractivity contribution is -0.933. The Morgan fingerprint density at radius 1 is 1.03 bits per heavy atom. The van der Waals surface area contributed by atoms with Crippen molar-refractivity contribution in [2.75, 3.05) is 31.1 Å². The molecule has 3 heterocycles. The number of aromatic nitrogens is 5. The van der Waals surface area contributed by atoms with E-state index in [0.29, 0.717) is 12.6 Å². The number of quaternary nitrogens is 1. The molecule has 8 heteroatoms. The summed E-state index contributed by atoms with van der Waals surface area (Å²) in [7, 11) is 0. The van der Waals surface area contributed by atoms with Crippen LogP contribution in [0.25, 0.3) is 10.2 Å². The zero-order chi connectivity index (χ0) is 20.3. The second-order valence-corrected chi connectivity index (χ2v) is 8.76. The molecule has 2 aromatic heterocycles. The summed E-state index contributed by atoms with van der Waals surface area (Å²) in [6, 6.07) is 19.1. The van der Waals surface area contributed by atoms with Crippen molar-refractivity contribution in [3.8, 4) is 0 Å². The fraction of sp³-hybridized carbons (Fsp3) is 0.364. The van der Waals surface area contributed by atoms with Crippen molar-refractivity contribution in [3.05, 3.63) is 66.0 Å². The average Bonchev–Trinajstić information content (AvgIpc) is 3.43. The topological polar surface area (TPSA) is 64.2 Å². The Balaban J connectivity index is 1.29. The molecule has 7 nitrogen and oxygen atoms in total. The number of fused-ring (bicyclic) bond motifs is 1. The van der Waals surface area contributed by atoms with Crippen LogP contribution in [0.2, 0.25) is 0 Å². The Bertz CT molecular complexity index is 1070. The van der Waals surface area contributed by atoms with Crippen LogP contribution in [0.15, 0.2) is 54.6 Å². The van der Waals surface area contributed by atoms with Crippen LogP contribution in [0.3, 0.4) is 0 Å². The van der Waals surface area contributed by atoms with E-state index in [1.54, 1.807) is 16.2 Å². The lowest BCUT2D eigenvalue weighted by atomic mass is 10.1. The minimum Gasteiger partial charge on any atom is -0.337 e. The smallest absolute Gasteiger partial charge is 0.209 e. The van der Waals surface area contributed by atoms with Crippen LogP contribution in [-0.4, -0.2) is 51.4 Å². The van der Waals surface area contributed by atoms with Crippen LogP contribution in [0, 0.1) is 0 Å². The fourth-order valence-electron chi connectivity index (χ4n) is 4.31. The molecule has 1 saturated heterocycles. The maximum absolute atomic E-state index is 4.84. The maximum atomic E-state index is 4.84. The number of nitrogens with zero attached hydrogens (tertiary/aromatic N) is 6. The third kappa shape index (κ3) is 3.80. The van der Waals surface area contributed by atoms with E-state index < -0.39 is 0 Å². The van der Waals surface area contributed by atoms with Crippen LogP contribution in [0.4, 0.5) is 5.13 Å². The molecule has 4 aromatic rings. The fourth-order valence-corrected chi connectivity index (χ4v) is 5.33. The first-order valence-corrected chi connectivity index (χ1v) is 11.4. The summed E-state index contributed by atoms with van der Waals surface area (Å²) in [5.74, 6) is 0.991. The molecule has 0 saturated carbocycles. The van der Waals surface area contributed by atoms with E-state index >= 15 is 0 Å². The number of rotatable bonds is 6. The summed E-state index contributed by atoms with van der Waals surface area (Å²) in [6.45, 7) is 7.08. The Morgan fingerprint density at radius 2 is 1.80 bits per heavy atom. The average molecular weight is 421 g/mol. The molecule has 0 amide bonds. The summed E-state index contributed by atoms with van der Waals surface area (Å²) in [4.78, 5) is 8.82. The molecule has 0 spiro atoms. The summed E-state index contributed by atoms with van der Waals surface area (Å²) in [6.07, 6.45) is 1.02. The highest BCUT2D eigenvalue weighted by Crippen LogP contribution is 2.28. The van der Waals surface area contributed by atoms with Crippen molar-refractivity contribution in [2.24, 2.45) is 0 Å². The van der Waals surface area contributed by atoms with E-state index in [1.807, 2.05) is 10.7 Å². The van der Waals surface area contributed by atoms with E-state index in [9.17, 15) is 0 Å². The molecule has 0 radical (unpaired) electrons. The van der Waals surface area contributed by atoms with Gasteiger partial charge in [0.1, 0.15) is 6.04 Å². The van der Waals surface area contributed by atoms with Gasteiger partial charge in [0, 0.05) is 6.42 Å². The molecule has 0 aliphatic carbocycles. The molecule has 0 unspecified atom stereocenters. The number of para-hydroxylation sites is 1. The molecule has 30 heavy (non-hydrogen) atoms. The largest absolute Gasteiger partial charge is 0.337 e. The summed E-state index contributed by atoms with van der Waals surface area (Å²) in [5, 5.41) is 13.8. The number of thiazole rings is 1. The Kier molecular flexibility index (Phi) is 5.42. The highest BCUT2D eigenvalue weighted by atomic mass is 32.1. The molecular weight excluding hydrogens is 394 g/mol. The Labute approximate surface area is 180 Å². The number of hydrogen-bond acceptors (Lipinski definition) is 6. The van der Waals surface area contributed by atoms with E-state index in [4.69, 9.17) is 4.98 Å². The van der Waals surface area contributed by atoms with Gasteiger partial charge in [-0.05, 0) is 28.1 Å². The van der Waals surface area contributed by atoms with Gasteiger partial charge in [-0.25, -0.2) is 9.67 Å². The normalized spacial score (nSPS) is 16.2. The third-order valence-corrected chi connectivity index (χ3v) is 7.00. The van der Waals surface area contributed by atoms with Gasteiger partial charge in [-0.15, -0.1) is 5.10 Å². The van der Waals surface area contributed by atoms with Gasteiger partial charge in [0.05, 0.1) is 42.9 Å². The molecule has 1 fully saturated rings. The number of nitrogens with one attached hydrogen (secondary N) is 1. The first-order chi connectivity index (χ1) is 14.8. The zero-order valence-corrected chi connectivity index (χ0v) is 17.9. The van der Waals surface area contributed by atoms with Crippen LogP contribution in [0.5, 0.6) is 0 Å².